The average Bonchev–Trinajstić information content (AvgIpc) is 2.96. The van der Waals surface area contributed by atoms with E-state index in [9.17, 15) is 0 Å². The molecule has 0 saturated heterocycles. The van der Waals surface area contributed by atoms with E-state index in [0.717, 1.165) is 32.7 Å². The summed E-state index contributed by atoms with van der Waals surface area (Å²) in [4.78, 5) is 2.31. The molecule has 112 valence electrons. The fraction of sp³-hybridized carbons (Fsp3) is 0.462. The molecule has 2 aromatic rings. The predicted octanol–water partition coefficient (Wildman–Crippen LogP) is 2.52. The summed E-state index contributed by atoms with van der Waals surface area (Å²) in [6.45, 7) is 4.86. The predicted molar refractivity (Wildman–Crippen MR) is 87.9 cm³/mol. The number of halogens is 2. The Kier molecular flexibility index (Phi) is 6.99. The highest BCUT2D eigenvalue weighted by Crippen LogP contribution is 2.12. The minimum Gasteiger partial charge on any atom is -0.309 e. The van der Waals surface area contributed by atoms with E-state index in [4.69, 9.17) is 0 Å². The average molecular weight is 335 g/mol. The Morgan fingerprint density at radius 1 is 1.40 bits per heavy atom. The zero-order valence-corrected chi connectivity index (χ0v) is 13.9. The SMILES string of the molecule is CN(Cc1ccsc1)Cc1cc2n(n1)CCNC2.Cl.Cl. The van der Waals surface area contributed by atoms with Crippen LogP contribution in [0, 0.1) is 0 Å². The fourth-order valence-corrected chi connectivity index (χ4v) is 3.02. The van der Waals surface area contributed by atoms with Crippen LogP contribution in [0.15, 0.2) is 22.9 Å². The summed E-state index contributed by atoms with van der Waals surface area (Å²) in [6.07, 6.45) is 0. The Labute approximate surface area is 136 Å². The van der Waals surface area contributed by atoms with Gasteiger partial charge >= 0.3 is 0 Å². The number of nitrogens with zero attached hydrogens (tertiary/aromatic N) is 3. The lowest BCUT2D eigenvalue weighted by Crippen LogP contribution is -2.28. The normalized spacial score (nSPS) is 13.5. The molecule has 0 fully saturated rings. The van der Waals surface area contributed by atoms with Gasteiger partial charge in [-0.2, -0.15) is 16.4 Å². The molecule has 0 aliphatic carbocycles. The summed E-state index contributed by atoms with van der Waals surface area (Å²) in [7, 11) is 2.15. The zero-order valence-electron chi connectivity index (χ0n) is 11.4. The minimum atomic E-state index is 0. The molecule has 0 aromatic carbocycles. The summed E-state index contributed by atoms with van der Waals surface area (Å²) >= 11 is 1.76. The first-order chi connectivity index (χ1) is 8.81. The van der Waals surface area contributed by atoms with Crippen LogP contribution in [0.3, 0.4) is 0 Å². The van der Waals surface area contributed by atoms with Gasteiger partial charge in [-0.05, 0) is 35.5 Å². The molecular weight excluding hydrogens is 315 g/mol. The number of rotatable bonds is 4. The van der Waals surface area contributed by atoms with Gasteiger partial charge in [0.2, 0.25) is 0 Å². The summed E-state index contributed by atoms with van der Waals surface area (Å²) in [5.41, 5.74) is 3.86. The third-order valence-corrected chi connectivity index (χ3v) is 3.92. The first-order valence-electron chi connectivity index (χ1n) is 6.27. The topological polar surface area (TPSA) is 33.1 Å². The van der Waals surface area contributed by atoms with E-state index in [2.05, 4.69) is 49.9 Å². The maximum Gasteiger partial charge on any atom is 0.0768 e. The Morgan fingerprint density at radius 2 is 2.25 bits per heavy atom. The molecule has 0 spiro atoms. The second-order valence-electron chi connectivity index (χ2n) is 4.83. The molecule has 0 amide bonds. The Bertz CT molecular complexity index is 489. The van der Waals surface area contributed by atoms with E-state index in [-0.39, 0.29) is 24.8 Å². The zero-order chi connectivity index (χ0) is 12.4. The van der Waals surface area contributed by atoms with E-state index >= 15 is 0 Å². The maximum absolute atomic E-state index is 4.66. The Hall–Kier alpha value is -0.590. The van der Waals surface area contributed by atoms with Crippen molar-refractivity contribution in [3.8, 4) is 0 Å². The smallest absolute Gasteiger partial charge is 0.0768 e. The molecular formula is C13H20Cl2N4S. The number of nitrogens with one attached hydrogen (secondary N) is 1. The molecule has 0 unspecified atom stereocenters. The van der Waals surface area contributed by atoms with Crippen molar-refractivity contribution < 1.29 is 0 Å². The molecule has 4 nitrogen and oxygen atoms in total. The van der Waals surface area contributed by atoms with Crippen molar-refractivity contribution in [2.45, 2.75) is 26.2 Å². The van der Waals surface area contributed by atoms with Gasteiger partial charge in [0.1, 0.15) is 0 Å². The van der Waals surface area contributed by atoms with Crippen LogP contribution in [-0.2, 0) is 26.2 Å². The van der Waals surface area contributed by atoms with Crippen LogP contribution in [0.5, 0.6) is 0 Å². The lowest BCUT2D eigenvalue weighted by Gasteiger charge is -2.14. The number of aromatic nitrogens is 2. The molecule has 0 atom stereocenters. The quantitative estimate of drug-likeness (QED) is 0.932. The fourth-order valence-electron chi connectivity index (χ4n) is 2.36. The summed E-state index contributed by atoms with van der Waals surface area (Å²) in [5, 5.41) is 12.4. The first-order valence-corrected chi connectivity index (χ1v) is 7.21. The molecule has 1 aliphatic heterocycles. The van der Waals surface area contributed by atoms with Gasteiger partial charge in [-0.3, -0.25) is 9.58 Å². The van der Waals surface area contributed by atoms with E-state index in [1.165, 1.54) is 17.0 Å². The van der Waals surface area contributed by atoms with E-state index in [0.29, 0.717) is 0 Å². The van der Waals surface area contributed by atoms with E-state index in [1.54, 1.807) is 11.3 Å². The highest BCUT2D eigenvalue weighted by Gasteiger charge is 2.12. The highest BCUT2D eigenvalue weighted by molar-refractivity contribution is 7.07. The maximum atomic E-state index is 4.66. The van der Waals surface area contributed by atoms with E-state index < -0.39 is 0 Å². The van der Waals surface area contributed by atoms with Crippen molar-refractivity contribution in [3.05, 3.63) is 39.8 Å². The lowest BCUT2D eigenvalue weighted by molar-refractivity contribution is 0.313. The Morgan fingerprint density at radius 3 is 2.95 bits per heavy atom. The molecule has 0 bridgehead atoms. The number of fused-ring (bicyclic) bond motifs is 1. The summed E-state index contributed by atoms with van der Waals surface area (Å²) in [5.74, 6) is 0. The van der Waals surface area contributed by atoms with Crippen molar-refractivity contribution >= 4 is 36.2 Å². The third kappa shape index (κ3) is 4.20. The minimum absolute atomic E-state index is 0. The second-order valence-corrected chi connectivity index (χ2v) is 5.61. The number of hydrogen-bond acceptors (Lipinski definition) is 4. The largest absolute Gasteiger partial charge is 0.309 e. The van der Waals surface area contributed by atoms with Gasteiger partial charge in [0.05, 0.1) is 17.9 Å². The van der Waals surface area contributed by atoms with Crippen LogP contribution in [0.25, 0.3) is 0 Å². The summed E-state index contributed by atoms with van der Waals surface area (Å²) < 4.78 is 2.13. The van der Waals surface area contributed by atoms with Gasteiger partial charge in [0, 0.05) is 26.2 Å². The molecule has 1 N–H and O–H groups in total. The number of hydrogen-bond donors (Lipinski definition) is 1. The molecule has 3 rings (SSSR count). The lowest BCUT2D eigenvalue weighted by atomic mass is 10.3. The van der Waals surface area contributed by atoms with Crippen LogP contribution in [-0.4, -0.2) is 28.3 Å². The van der Waals surface area contributed by atoms with Gasteiger partial charge in [0.25, 0.3) is 0 Å². The van der Waals surface area contributed by atoms with Crippen molar-refractivity contribution in [2.24, 2.45) is 0 Å². The monoisotopic (exact) mass is 334 g/mol. The standard InChI is InChI=1S/C13H18N4S.2ClH/c1-16(8-11-2-5-18-10-11)9-12-6-13-7-14-3-4-17(13)15-12;;/h2,5-6,10,14H,3-4,7-9H2,1H3;2*1H. The number of thiophene rings is 1. The van der Waals surface area contributed by atoms with Crippen molar-refractivity contribution in [1.29, 1.82) is 0 Å². The van der Waals surface area contributed by atoms with Crippen molar-refractivity contribution in [2.75, 3.05) is 13.6 Å². The van der Waals surface area contributed by atoms with E-state index in [1.807, 2.05) is 0 Å². The molecule has 1 aliphatic rings. The molecule has 2 aromatic heterocycles. The van der Waals surface area contributed by atoms with Gasteiger partial charge in [-0.25, -0.2) is 0 Å². The second kappa shape index (κ2) is 8.00. The van der Waals surface area contributed by atoms with Crippen LogP contribution in [0.2, 0.25) is 0 Å². The van der Waals surface area contributed by atoms with Crippen molar-refractivity contribution in [3.63, 3.8) is 0 Å². The molecule has 7 heteroatoms. The molecule has 0 saturated carbocycles. The molecule has 0 radical (unpaired) electrons. The van der Waals surface area contributed by atoms with Gasteiger partial charge in [-0.15, -0.1) is 24.8 Å². The Balaban J connectivity index is 0.000001000. The molecule has 20 heavy (non-hydrogen) atoms. The van der Waals surface area contributed by atoms with Crippen LogP contribution < -0.4 is 5.32 Å². The van der Waals surface area contributed by atoms with Crippen LogP contribution in [0.1, 0.15) is 17.0 Å². The van der Waals surface area contributed by atoms with Gasteiger partial charge < -0.3 is 5.32 Å². The first kappa shape index (κ1) is 17.5. The highest BCUT2D eigenvalue weighted by atomic mass is 35.5. The summed E-state index contributed by atoms with van der Waals surface area (Å²) in [6, 6.07) is 4.40. The van der Waals surface area contributed by atoms with Crippen molar-refractivity contribution in [1.82, 2.24) is 20.0 Å². The van der Waals surface area contributed by atoms with Gasteiger partial charge in [-0.1, -0.05) is 0 Å². The third-order valence-electron chi connectivity index (χ3n) is 3.18. The van der Waals surface area contributed by atoms with Crippen LogP contribution >= 0.6 is 36.2 Å². The van der Waals surface area contributed by atoms with Crippen LogP contribution in [0.4, 0.5) is 0 Å². The van der Waals surface area contributed by atoms with Gasteiger partial charge in [0.15, 0.2) is 0 Å². The molecule has 3 heterocycles.